The quantitative estimate of drug-likeness (QED) is 0.212. The fourth-order valence-electron chi connectivity index (χ4n) is 5.48. The van der Waals surface area contributed by atoms with Gasteiger partial charge in [-0.1, -0.05) is 19.6 Å². The van der Waals surface area contributed by atoms with Gasteiger partial charge in [0.2, 0.25) is 16.0 Å². The summed E-state index contributed by atoms with van der Waals surface area (Å²) in [5.74, 6) is 1.43. The summed E-state index contributed by atoms with van der Waals surface area (Å²) in [6.07, 6.45) is 10.3. The van der Waals surface area contributed by atoms with E-state index in [2.05, 4.69) is 56.1 Å². The van der Waals surface area contributed by atoms with Crippen molar-refractivity contribution in [3.05, 3.63) is 60.6 Å². The van der Waals surface area contributed by atoms with Gasteiger partial charge in [0.25, 0.3) is 0 Å². The highest BCUT2D eigenvalue weighted by Crippen LogP contribution is 2.38. The van der Waals surface area contributed by atoms with E-state index in [1.165, 1.54) is 22.3 Å². The number of ether oxygens (including phenoxy) is 1. The van der Waals surface area contributed by atoms with E-state index in [1.54, 1.807) is 44.6 Å². The molecule has 1 fully saturated rings. The number of hydrogen-bond donors (Lipinski definition) is 3. The van der Waals surface area contributed by atoms with Crippen LogP contribution in [-0.4, -0.2) is 67.4 Å². The van der Waals surface area contributed by atoms with Crippen molar-refractivity contribution >= 4 is 61.6 Å². The molecule has 1 aliphatic rings. The van der Waals surface area contributed by atoms with Crippen LogP contribution in [-0.2, 0) is 16.4 Å². The van der Waals surface area contributed by atoms with Crippen LogP contribution in [0.1, 0.15) is 37.8 Å². The van der Waals surface area contributed by atoms with Crippen LogP contribution < -0.4 is 30.3 Å². The smallest absolute Gasteiger partial charge is 0.232 e. The highest BCUT2D eigenvalue weighted by Gasteiger charge is 2.24. The number of aromatic nitrogens is 4. The van der Waals surface area contributed by atoms with Gasteiger partial charge in [0.15, 0.2) is 0 Å². The van der Waals surface area contributed by atoms with E-state index in [-0.39, 0.29) is 12.6 Å². The molecule has 0 spiro atoms. The average Bonchev–Trinajstić information content (AvgIpc) is 3.02. The number of nitrogens with one attached hydrogen (secondary N) is 2. The Morgan fingerprint density at radius 1 is 1.11 bits per heavy atom. The second kappa shape index (κ2) is 13.0. The molecule has 0 bridgehead atoms. The minimum Gasteiger partial charge on any atom is -0.494 e. The molecule has 232 valence electrons. The first-order valence-electron chi connectivity index (χ1n) is 14.6. The van der Waals surface area contributed by atoms with Crippen LogP contribution in [0.5, 0.6) is 5.75 Å². The zero-order chi connectivity index (χ0) is 31.4. The van der Waals surface area contributed by atoms with Crippen LogP contribution in [0.2, 0.25) is 0 Å². The normalized spacial score (nSPS) is 14.0. The first-order chi connectivity index (χ1) is 21.2. The lowest BCUT2D eigenvalue weighted by Crippen LogP contribution is -2.40. The second-order valence-corrected chi connectivity index (χ2v) is 12.5. The predicted molar refractivity (Wildman–Crippen MR) is 178 cm³/mol. The van der Waals surface area contributed by atoms with E-state index in [1.807, 2.05) is 0 Å². The fraction of sp³-hybridized carbons (Fsp3) is 0.355. The number of sulfonamides is 1. The molecular formula is C31H39N9O3S. The number of anilines is 6. The van der Waals surface area contributed by atoms with Gasteiger partial charge in [-0.15, -0.1) is 0 Å². The average molecular weight is 618 g/mol. The van der Waals surface area contributed by atoms with Crippen molar-refractivity contribution in [1.29, 1.82) is 0 Å². The summed E-state index contributed by atoms with van der Waals surface area (Å²) in [4.78, 5) is 20.5. The van der Waals surface area contributed by atoms with Gasteiger partial charge < -0.3 is 26.0 Å². The summed E-state index contributed by atoms with van der Waals surface area (Å²) in [7, 11) is -1.99. The SMILES string of the molecule is C=Cc1cnc(Nc2cc(CC)c(N3CCC(N)CC3)cc2OC)nc1Nc1ccc2nccnc2c1N(CC)S(C)(=O)=O. The maximum atomic E-state index is 12.8. The molecule has 0 unspecified atom stereocenters. The summed E-state index contributed by atoms with van der Waals surface area (Å²) in [5.41, 5.74) is 11.7. The van der Waals surface area contributed by atoms with Gasteiger partial charge in [-0.25, -0.2) is 13.4 Å². The van der Waals surface area contributed by atoms with Gasteiger partial charge >= 0.3 is 0 Å². The van der Waals surface area contributed by atoms with Crippen molar-refractivity contribution in [3.63, 3.8) is 0 Å². The Hall–Kier alpha value is -4.49. The molecule has 12 nitrogen and oxygen atoms in total. The van der Waals surface area contributed by atoms with E-state index in [9.17, 15) is 8.42 Å². The Labute approximate surface area is 258 Å². The Bertz CT molecular complexity index is 1770. The molecule has 4 N–H and O–H groups in total. The van der Waals surface area contributed by atoms with Crippen LogP contribution in [0.3, 0.4) is 0 Å². The molecule has 0 amide bonds. The van der Waals surface area contributed by atoms with Crippen molar-refractivity contribution in [3.8, 4) is 5.75 Å². The first-order valence-corrected chi connectivity index (χ1v) is 16.5. The Balaban J connectivity index is 1.53. The summed E-state index contributed by atoms with van der Waals surface area (Å²) in [6.45, 7) is 9.83. The zero-order valence-corrected chi connectivity index (χ0v) is 26.4. The summed E-state index contributed by atoms with van der Waals surface area (Å²) >= 11 is 0. The topological polar surface area (TPSA) is 151 Å². The molecule has 2 aromatic carbocycles. The molecule has 2 aromatic heterocycles. The molecule has 0 aliphatic carbocycles. The number of benzene rings is 2. The van der Waals surface area contributed by atoms with Gasteiger partial charge in [0, 0.05) is 61.6 Å². The van der Waals surface area contributed by atoms with E-state index in [0.29, 0.717) is 45.5 Å². The van der Waals surface area contributed by atoms with Crippen molar-refractivity contribution in [2.75, 3.05) is 52.8 Å². The van der Waals surface area contributed by atoms with Gasteiger partial charge in [-0.3, -0.25) is 14.3 Å². The Morgan fingerprint density at radius 3 is 2.52 bits per heavy atom. The van der Waals surface area contributed by atoms with E-state index >= 15 is 0 Å². The summed E-state index contributed by atoms with van der Waals surface area (Å²) in [6, 6.07) is 7.93. The molecular weight excluding hydrogens is 578 g/mol. The summed E-state index contributed by atoms with van der Waals surface area (Å²) < 4.78 is 32.7. The van der Waals surface area contributed by atoms with Crippen molar-refractivity contribution < 1.29 is 13.2 Å². The maximum Gasteiger partial charge on any atom is 0.232 e. The van der Waals surface area contributed by atoms with Crippen LogP contribution in [0.15, 0.2) is 49.4 Å². The standard InChI is InChI=1S/C31H39N9O3S/c1-6-20-17-25(27(43-4)18-26(20)39-15-11-22(32)12-16-39)37-31-35-19-21(7-2)30(38-31)36-24-10-9-23-28(34-14-13-33-23)29(24)40(8-3)44(5,41)42/h7,9-10,13-14,17-19,22H,2,6,8,11-12,15-16,32H2,1,3-5H3,(H2,35,36,37,38). The Morgan fingerprint density at radius 2 is 1.86 bits per heavy atom. The van der Waals surface area contributed by atoms with Crippen molar-refractivity contribution in [1.82, 2.24) is 19.9 Å². The van der Waals surface area contributed by atoms with Crippen LogP contribution >= 0.6 is 0 Å². The molecule has 13 heteroatoms. The van der Waals surface area contributed by atoms with E-state index in [4.69, 9.17) is 15.5 Å². The summed E-state index contributed by atoms with van der Waals surface area (Å²) in [5, 5.41) is 6.65. The molecule has 1 aliphatic heterocycles. The number of piperidine rings is 1. The second-order valence-electron chi connectivity index (χ2n) is 10.6. The van der Waals surface area contributed by atoms with Gasteiger partial charge in [0.1, 0.15) is 22.8 Å². The van der Waals surface area contributed by atoms with E-state index in [0.717, 1.165) is 43.7 Å². The molecule has 0 saturated carbocycles. The van der Waals surface area contributed by atoms with Gasteiger partial charge in [0.05, 0.1) is 30.3 Å². The van der Waals surface area contributed by atoms with Gasteiger partial charge in [-0.05, 0) is 49.9 Å². The largest absolute Gasteiger partial charge is 0.494 e. The lowest BCUT2D eigenvalue weighted by molar-refractivity contribution is 0.416. The number of nitrogens with zero attached hydrogens (tertiary/aromatic N) is 6. The lowest BCUT2D eigenvalue weighted by atomic mass is 10.0. The monoisotopic (exact) mass is 617 g/mol. The molecule has 1 saturated heterocycles. The number of aryl methyl sites for hydroxylation is 1. The first kappa shape index (κ1) is 31.0. The van der Waals surface area contributed by atoms with E-state index < -0.39 is 10.0 Å². The zero-order valence-electron chi connectivity index (χ0n) is 25.5. The number of hydrogen-bond acceptors (Lipinski definition) is 11. The number of nitrogens with two attached hydrogens (primary N) is 1. The van der Waals surface area contributed by atoms with Crippen molar-refractivity contribution in [2.45, 2.75) is 39.2 Å². The number of fused-ring (bicyclic) bond motifs is 1. The molecule has 44 heavy (non-hydrogen) atoms. The fourth-order valence-corrected chi connectivity index (χ4v) is 6.47. The van der Waals surface area contributed by atoms with Gasteiger partial charge in [-0.2, -0.15) is 4.98 Å². The highest BCUT2D eigenvalue weighted by molar-refractivity contribution is 7.92. The van der Waals surface area contributed by atoms with Crippen LogP contribution in [0, 0.1) is 0 Å². The van der Waals surface area contributed by atoms with Crippen LogP contribution in [0.4, 0.5) is 34.5 Å². The lowest BCUT2D eigenvalue weighted by Gasteiger charge is -2.34. The predicted octanol–water partition coefficient (Wildman–Crippen LogP) is 4.83. The maximum absolute atomic E-state index is 12.8. The number of rotatable bonds is 11. The molecule has 4 aromatic rings. The molecule has 0 atom stereocenters. The minimum absolute atomic E-state index is 0.202. The Kier molecular flexibility index (Phi) is 9.16. The molecule has 0 radical (unpaired) electrons. The highest BCUT2D eigenvalue weighted by atomic mass is 32.2. The third-order valence-electron chi connectivity index (χ3n) is 7.75. The molecule has 3 heterocycles. The van der Waals surface area contributed by atoms with Crippen LogP contribution in [0.25, 0.3) is 17.1 Å². The minimum atomic E-state index is -3.63. The third kappa shape index (κ3) is 6.38. The number of methoxy groups -OCH3 is 1. The third-order valence-corrected chi connectivity index (χ3v) is 8.99. The molecule has 5 rings (SSSR count). The van der Waals surface area contributed by atoms with Crippen molar-refractivity contribution in [2.24, 2.45) is 5.73 Å².